The summed E-state index contributed by atoms with van der Waals surface area (Å²) >= 11 is 1.69. The van der Waals surface area contributed by atoms with Crippen molar-refractivity contribution in [3.05, 3.63) is 48.0 Å². The van der Waals surface area contributed by atoms with E-state index < -0.39 is 0 Å². The van der Waals surface area contributed by atoms with Gasteiger partial charge in [-0.05, 0) is 30.0 Å². The Kier molecular flexibility index (Phi) is 5.72. The van der Waals surface area contributed by atoms with Crippen LogP contribution in [0.3, 0.4) is 0 Å². The summed E-state index contributed by atoms with van der Waals surface area (Å²) < 4.78 is 10.4. The van der Waals surface area contributed by atoms with Crippen molar-refractivity contribution in [2.75, 3.05) is 25.3 Å². The molecule has 0 fully saturated rings. The van der Waals surface area contributed by atoms with E-state index >= 15 is 0 Å². The molecule has 0 heterocycles. The fourth-order valence-corrected chi connectivity index (χ4v) is 2.74. The van der Waals surface area contributed by atoms with Crippen LogP contribution in [0.4, 0.5) is 5.69 Å². The van der Waals surface area contributed by atoms with E-state index in [4.69, 9.17) is 9.47 Å². The van der Waals surface area contributed by atoms with E-state index in [1.807, 2.05) is 24.3 Å². The summed E-state index contributed by atoms with van der Waals surface area (Å²) in [4.78, 5) is 13.5. The average Bonchev–Trinajstić information content (AvgIpc) is 2.56. The molecule has 0 unspecified atom stereocenters. The van der Waals surface area contributed by atoms with Crippen molar-refractivity contribution in [2.24, 2.45) is 0 Å². The van der Waals surface area contributed by atoms with Crippen LogP contribution in [0.15, 0.2) is 47.4 Å². The van der Waals surface area contributed by atoms with Gasteiger partial charge in [-0.15, -0.1) is 11.8 Å². The van der Waals surface area contributed by atoms with Gasteiger partial charge in [0, 0.05) is 16.5 Å². The van der Waals surface area contributed by atoms with Gasteiger partial charge in [0.15, 0.2) is 0 Å². The Morgan fingerprint density at radius 1 is 1.09 bits per heavy atom. The largest absolute Gasteiger partial charge is 0.497 e. The summed E-state index contributed by atoms with van der Waals surface area (Å²) in [7, 11) is 3.12. The molecule has 0 spiro atoms. The Bertz CT molecular complexity index is 636. The van der Waals surface area contributed by atoms with Crippen LogP contribution in [0, 0.1) is 0 Å². The molecule has 0 bridgehead atoms. The van der Waals surface area contributed by atoms with E-state index in [-0.39, 0.29) is 5.91 Å². The third-order valence-corrected chi connectivity index (χ3v) is 4.00. The molecule has 0 saturated carbocycles. The lowest BCUT2D eigenvalue weighted by molar-refractivity contribution is 0.102. The smallest absolute Gasteiger partial charge is 0.255 e. The minimum Gasteiger partial charge on any atom is -0.497 e. The van der Waals surface area contributed by atoms with E-state index in [0.717, 1.165) is 16.3 Å². The maximum absolute atomic E-state index is 12.5. The number of methoxy groups -OCH3 is 2. The molecule has 2 rings (SSSR count). The predicted molar refractivity (Wildman–Crippen MR) is 90.3 cm³/mol. The first-order valence-corrected chi connectivity index (χ1v) is 7.92. The fourth-order valence-electron chi connectivity index (χ4n) is 1.98. The number of thioether (sulfide) groups is 1. The third-order valence-electron chi connectivity index (χ3n) is 3.05. The number of amides is 1. The highest BCUT2D eigenvalue weighted by Gasteiger charge is 2.12. The lowest BCUT2D eigenvalue weighted by Crippen LogP contribution is -2.12. The minimum atomic E-state index is -0.193. The van der Waals surface area contributed by atoms with E-state index in [1.54, 1.807) is 44.2 Å². The first-order valence-electron chi connectivity index (χ1n) is 6.94. The van der Waals surface area contributed by atoms with Crippen molar-refractivity contribution in [2.45, 2.75) is 11.8 Å². The van der Waals surface area contributed by atoms with Crippen LogP contribution in [0.25, 0.3) is 0 Å². The van der Waals surface area contributed by atoms with Crippen LogP contribution < -0.4 is 14.8 Å². The Hall–Kier alpha value is -2.14. The molecule has 116 valence electrons. The molecule has 4 nitrogen and oxygen atoms in total. The highest BCUT2D eigenvalue weighted by Crippen LogP contribution is 2.28. The molecule has 22 heavy (non-hydrogen) atoms. The fraction of sp³-hybridized carbons (Fsp3) is 0.235. The minimum absolute atomic E-state index is 0.193. The van der Waals surface area contributed by atoms with Gasteiger partial charge in [0.25, 0.3) is 5.91 Å². The number of nitrogens with one attached hydrogen (secondary N) is 1. The van der Waals surface area contributed by atoms with E-state index in [9.17, 15) is 4.79 Å². The van der Waals surface area contributed by atoms with Gasteiger partial charge in [0.1, 0.15) is 11.5 Å². The van der Waals surface area contributed by atoms with Crippen LogP contribution in [0.1, 0.15) is 17.3 Å². The summed E-state index contributed by atoms with van der Waals surface area (Å²) in [6.07, 6.45) is 0. The van der Waals surface area contributed by atoms with Gasteiger partial charge in [0.2, 0.25) is 0 Å². The van der Waals surface area contributed by atoms with Crippen molar-refractivity contribution in [3.63, 3.8) is 0 Å². The molecule has 0 aliphatic rings. The van der Waals surface area contributed by atoms with Crippen LogP contribution >= 0.6 is 11.8 Å². The Morgan fingerprint density at radius 2 is 1.73 bits per heavy atom. The predicted octanol–water partition coefficient (Wildman–Crippen LogP) is 4.07. The maximum Gasteiger partial charge on any atom is 0.255 e. The lowest BCUT2D eigenvalue weighted by atomic mass is 10.2. The number of anilines is 1. The number of hydrogen-bond acceptors (Lipinski definition) is 4. The van der Waals surface area contributed by atoms with E-state index in [2.05, 4.69) is 12.2 Å². The molecule has 0 saturated heterocycles. The Labute approximate surface area is 134 Å². The molecule has 1 N–H and O–H groups in total. The molecular formula is C17H19NO3S. The number of carbonyl (C=O) groups is 1. The van der Waals surface area contributed by atoms with Gasteiger partial charge in [-0.1, -0.05) is 19.1 Å². The standard InChI is InChI=1S/C17H19NO3S/c1-4-22-16-8-6-5-7-15(16)18-17(19)12-9-13(20-2)11-14(10-12)21-3/h5-11H,4H2,1-3H3,(H,18,19). The quantitative estimate of drug-likeness (QED) is 0.816. The van der Waals surface area contributed by atoms with Gasteiger partial charge in [-0.3, -0.25) is 4.79 Å². The Balaban J connectivity index is 2.26. The summed E-state index contributed by atoms with van der Waals surface area (Å²) in [6, 6.07) is 12.9. The zero-order chi connectivity index (χ0) is 15.9. The molecular weight excluding hydrogens is 298 g/mol. The first-order chi connectivity index (χ1) is 10.7. The van der Waals surface area contributed by atoms with Crippen molar-refractivity contribution >= 4 is 23.4 Å². The number of carbonyl (C=O) groups excluding carboxylic acids is 1. The summed E-state index contributed by atoms with van der Waals surface area (Å²) in [6.45, 7) is 2.08. The molecule has 2 aromatic carbocycles. The normalized spacial score (nSPS) is 10.1. The van der Waals surface area contributed by atoms with Crippen LogP contribution in [-0.4, -0.2) is 25.9 Å². The number of hydrogen-bond donors (Lipinski definition) is 1. The molecule has 0 radical (unpaired) electrons. The van der Waals surface area contributed by atoms with Gasteiger partial charge in [-0.25, -0.2) is 0 Å². The average molecular weight is 317 g/mol. The second-order valence-electron chi connectivity index (χ2n) is 4.48. The lowest BCUT2D eigenvalue weighted by Gasteiger charge is -2.11. The van der Waals surface area contributed by atoms with Crippen LogP contribution in [0.5, 0.6) is 11.5 Å². The van der Waals surface area contributed by atoms with Gasteiger partial charge >= 0.3 is 0 Å². The summed E-state index contributed by atoms with van der Waals surface area (Å²) in [5.74, 6) is 1.92. The molecule has 2 aromatic rings. The van der Waals surface area contributed by atoms with E-state index in [0.29, 0.717) is 17.1 Å². The summed E-state index contributed by atoms with van der Waals surface area (Å²) in [5.41, 5.74) is 1.30. The second-order valence-corrected chi connectivity index (χ2v) is 5.79. The van der Waals surface area contributed by atoms with Gasteiger partial charge < -0.3 is 14.8 Å². The molecule has 0 aliphatic heterocycles. The highest BCUT2D eigenvalue weighted by molar-refractivity contribution is 7.99. The number of para-hydroxylation sites is 1. The number of benzene rings is 2. The molecule has 5 heteroatoms. The van der Waals surface area contributed by atoms with Crippen molar-refractivity contribution in [1.82, 2.24) is 0 Å². The second kappa shape index (κ2) is 7.75. The van der Waals surface area contributed by atoms with Crippen molar-refractivity contribution < 1.29 is 14.3 Å². The van der Waals surface area contributed by atoms with Gasteiger partial charge in [0.05, 0.1) is 19.9 Å². The molecule has 0 atom stereocenters. The molecule has 0 aliphatic carbocycles. The third kappa shape index (κ3) is 3.95. The highest BCUT2D eigenvalue weighted by atomic mass is 32.2. The van der Waals surface area contributed by atoms with E-state index in [1.165, 1.54) is 0 Å². The number of ether oxygens (including phenoxy) is 2. The first kappa shape index (κ1) is 16.2. The SMILES string of the molecule is CCSc1ccccc1NC(=O)c1cc(OC)cc(OC)c1. The molecule has 1 amide bonds. The van der Waals surface area contributed by atoms with Crippen LogP contribution in [0.2, 0.25) is 0 Å². The zero-order valence-corrected chi connectivity index (χ0v) is 13.7. The van der Waals surface area contributed by atoms with Crippen molar-refractivity contribution in [3.8, 4) is 11.5 Å². The molecule has 0 aromatic heterocycles. The van der Waals surface area contributed by atoms with Crippen LogP contribution in [-0.2, 0) is 0 Å². The van der Waals surface area contributed by atoms with Crippen molar-refractivity contribution in [1.29, 1.82) is 0 Å². The van der Waals surface area contributed by atoms with Gasteiger partial charge in [-0.2, -0.15) is 0 Å². The maximum atomic E-state index is 12.5. The zero-order valence-electron chi connectivity index (χ0n) is 12.9. The summed E-state index contributed by atoms with van der Waals surface area (Å²) in [5, 5.41) is 2.94. The monoisotopic (exact) mass is 317 g/mol. The number of rotatable bonds is 6. The Morgan fingerprint density at radius 3 is 2.32 bits per heavy atom. The topological polar surface area (TPSA) is 47.6 Å².